The van der Waals surface area contributed by atoms with Gasteiger partial charge < -0.3 is 20.2 Å². The number of carbonyl (C=O) groups is 1. The maximum Gasteiger partial charge on any atom is 0.315 e. The van der Waals surface area contributed by atoms with Gasteiger partial charge in [0.15, 0.2) is 5.82 Å². The molecular formula is C27H27ClFN5O2. The molecule has 1 atom stereocenters. The fourth-order valence-corrected chi connectivity index (χ4v) is 5.69. The molecule has 3 heterocycles. The van der Waals surface area contributed by atoms with Crippen molar-refractivity contribution in [3.8, 4) is 0 Å². The van der Waals surface area contributed by atoms with Crippen LogP contribution in [0.5, 0.6) is 0 Å². The van der Waals surface area contributed by atoms with Gasteiger partial charge in [0.25, 0.3) is 0 Å². The summed E-state index contributed by atoms with van der Waals surface area (Å²) < 4.78 is 14.2. The zero-order valence-corrected chi connectivity index (χ0v) is 20.9. The van der Waals surface area contributed by atoms with E-state index in [4.69, 9.17) is 11.6 Å². The molecule has 186 valence electrons. The molecule has 3 aliphatic rings. The van der Waals surface area contributed by atoms with Crippen molar-refractivity contribution in [1.82, 2.24) is 14.9 Å². The van der Waals surface area contributed by atoms with Crippen LogP contribution in [0.4, 0.5) is 27.5 Å². The standard InChI is InChI=1S/C27H27ClFN5O2/c1-27(25(35)36)14-34(23-10-17(29)5-6-21(23)27)24-22(28)12-30-26(32-24)31-18-9-16-13-33(2)8-7-19(16)20(11-18)15-3-4-15/h5-6,9-12,15H,3-4,7-8,13-14H2,1-2H3,(H,35,36)(H,30,31,32). The van der Waals surface area contributed by atoms with E-state index in [1.807, 2.05) is 0 Å². The molecule has 0 saturated heterocycles. The van der Waals surface area contributed by atoms with Gasteiger partial charge in [-0.25, -0.2) is 9.37 Å². The molecule has 1 aliphatic carbocycles. The Balaban J connectivity index is 1.37. The van der Waals surface area contributed by atoms with E-state index in [1.165, 1.54) is 53.9 Å². The van der Waals surface area contributed by atoms with E-state index in [-0.39, 0.29) is 11.6 Å². The molecule has 1 saturated carbocycles. The van der Waals surface area contributed by atoms with Crippen LogP contribution in [0, 0.1) is 5.82 Å². The van der Waals surface area contributed by atoms with Crippen LogP contribution >= 0.6 is 11.6 Å². The van der Waals surface area contributed by atoms with Gasteiger partial charge in [0.2, 0.25) is 5.95 Å². The Kier molecular flexibility index (Phi) is 5.42. The second-order valence-electron chi connectivity index (χ2n) is 10.3. The number of nitrogens with one attached hydrogen (secondary N) is 1. The quantitative estimate of drug-likeness (QED) is 0.480. The predicted molar refractivity (Wildman–Crippen MR) is 137 cm³/mol. The molecule has 1 fully saturated rings. The molecule has 36 heavy (non-hydrogen) atoms. The Morgan fingerprint density at radius 3 is 2.83 bits per heavy atom. The van der Waals surface area contributed by atoms with Gasteiger partial charge in [0, 0.05) is 31.0 Å². The number of hydrogen-bond donors (Lipinski definition) is 2. The minimum atomic E-state index is -1.23. The number of aromatic nitrogens is 2. The van der Waals surface area contributed by atoms with Crippen molar-refractivity contribution < 1.29 is 14.3 Å². The lowest BCUT2D eigenvalue weighted by atomic mass is 9.85. The molecule has 2 aromatic carbocycles. The van der Waals surface area contributed by atoms with Gasteiger partial charge >= 0.3 is 5.97 Å². The number of aliphatic carboxylic acids is 1. The first-order valence-electron chi connectivity index (χ1n) is 12.2. The number of anilines is 4. The maximum absolute atomic E-state index is 14.2. The van der Waals surface area contributed by atoms with Crippen molar-refractivity contribution in [3.63, 3.8) is 0 Å². The highest BCUT2D eigenvalue weighted by molar-refractivity contribution is 6.33. The summed E-state index contributed by atoms with van der Waals surface area (Å²) in [7, 11) is 2.13. The van der Waals surface area contributed by atoms with Crippen LogP contribution in [-0.4, -0.2) is 46.1 Å². The molecule has 7 nitrogen and oxygen atoms in total. The monoisotopic (exact) mass is 507 g/mol. The lowest BCUT2D eigenvalue weighted by Crippen LogP contribution is -2.36. The zero-order chi connectivity index (χ0) is 25.2. The van der Waals surface area contributed by atoms with Crippen molar-refractivity contribution in [2.45, 2.75) is 44.1 Å². The number of halogens is 2. The van der Waals surface area contributed by atoms with Gasteiger partial charge in [-0.05, 0) is 85.7 Å². The largest absolute Gasteiger partial charge is 0.481 e. The Morgan fingerprint density at radius 1 is 1.28 bits per heavy atom. The number of carboxylic acid groups (broad SMARTS) is 1. The zero-order valence-electron chi connectivity index (χ0n) is 20.2. The van der Waals surface area contributed by atoms with Crippen LogP contribution < -0.4 is 10.2 Å². The minimum absolute atomic E-state index is 0.0777. The average molecular weight is 508 g/mol. The van der Waals surface area contributed by atoms with E-state index < -0.39 is 17.2 Å². The number of hydrogen-bond acceptors (Lipinski definition) is 6. The smallest absolute Gasteiger partial charge is 0.315 e. The summed E-state index contributed by atoms with van der Waals surface area (Å²) in [6.07, 6.45) is 5.00. The van der Waals surface area contributed by atoms with Crippen molar-refractivity contribution >= 4 is 40.7 Å². The summed E-state index contributed by atoms with van der Waals surface area (Å²) >= 11 is 6.50. The molecule has 1 aromatic heterocycles. The number of carboxylic acids is 1. The molecule has 1 unspecified atom stereocenters. The van der Waals surface area contributed by atoms with Gasteiger partial charge in [0.1, 0.15) is 16.3 Å². The van der Waals surface area contributed by atoms with E-state index in [9.17, 15) is 14.3 Å². The van der Waals surface area contributed by atoms with Gasteiger partial charge in [0.05, 0.1) is 6.20 Å². The number of likely N-dealkylation sites (N-methyl/N-ethyl adjacent to an activating group) is 1. The van der Waals surface area contributed by atoms with Crippen molar-refractivity contribution in [3.05, 3.63) is 69.6 Å². The predicted octanol–water partition coefficient (Wildman–Crippen LogP) is 5.37. The second kappa shape index (κ2) is 8.42. The van der Waals surface area contributed by atoms with E-state index in [0.717, 1.165) is 25.2 Å². The van der Waals surface area contributed by atoms with E-state index in [1.54, 1.807) is 11.8 Å². The number of fused-ring (bicyclic) bond motifs is 2. The molecule has 6 rings (SSSR count). The molecule has 3 aromatic rings. The highest BCUT2D eigenvalue weighted by atomic mass is 35.5. The van der Waals surface area contributed by atoms with Crippen LogP contribution in [0.15, 0.2) is 36.5 Å². The van der Waals surface area contributed by atoms with Crippen molar-refractivity contribution in [2.24, 2.45) is 0 Å². The summed E-state index contributed by atoms with van der Waals surface area (Å²) in [4.78, 5) is 25.2. The number of benzene rings is 2. The third kappa shape index (κ3) is 3.89. The van der Waals surface area contributed by atoms with Gasteiger partial charge in [-0.1, -0.05) is 17.7 Å². The summed E-state index contributed by atoms with van der Waals surface area (Å²) in [5, 5.41) is 13.6. The lowest BCUT2D eigenvalue weighted by molar-refractivity contribution is -0.142. The first-order chi connectivity index (χ1) is 17.2. The van der Waals surface area contributed by atoms with Crippen LogP contribution in [0.2, 0.25) is 5.02 Å². The van der Waals surface area contributed by atoms with E-state index in [0.29, 0.717) is 28.9 Å². The first kappa shape index (κ1) is 23.2. The molecule has 0 spiro atoms. The highest BCUT2D eigenvalue weighted by Crippen LogP contribution is 2.47. The Bertz CT molecular complexity index is 1390. The molecule has 2 aliphatic heterocycles. The number of rotatable bonds is 5. The third-order valence-corrected chi connectivity index (χ3v) is 7.87. The SMILES string of the molecule is CN1CCc2c(cc(Nc3ncc(Cl)c(N4CC(C)(C(=O)O)c5ccc(F)cc54)n3)cc2C2CC2)C1. The molecular weight excluding hydrogens is 481 g/mol. The maximum atomic E-state index is 14.2. The Hall–Kier alpha value is -3.23. The summed E-state index contributed by atoms with van der Waals surface area (Å²) in [6.45, 7) is 3.68. The van der Waals surface area contributed by atoms with Gasteiger partial charge in [-0.15, -0.1) is 0 Å². The first-order valence-corrected chi connectivity index (χ1v) is 12.6. The van der Waals surface area contributed by atoms with E-state index in [2.05, 4.69) is 39.4 Å². The van der Waals surface area contributed by atoms with Gasteiger partial charge in [-0.3, -0.25) is 4.79 Å². The Labute approximate surface area is 213 Å². The second-order valence-corrected chi connectivity index (χ2v) is 10.7. The fraction of sp³-hybridized carbons (Fsp3) is 0.370. The molecule has 9 heteroatoms. The van der Waals surface area contributed by atoms with Crippen LogP contribution in [0.1, 0.15) is 47.9 Å². The average Bonchev–Trinajstić information content (AvgIpc) is 3.64. The van der Waals surface area contributed by atoms with Crippen LogP contribution in [-0.2, 0) is 23.2 Å². The molecule has 2 N–H and O–H groups in total. The van der Waals surface area contributed by atoms with E-state index >= 15 is 0 Å². The fourth-order valence-electron chi connectivity index (χ4n) is 5.50. The number of nitrogens with zero attached hydrogens (tertiary/aromatic N) is 4. The molecule has 0 bridgehead atoms. The van der Waals surface area contributed by atoms with Crippen molar-refractivity contribution in [1.29, 1.82) is 0 Å². The van der Waals surface area contributed by atoms with Crippen molar-refractivity contribution in [2.75, 3.05) is 30.4 Å². The van der Waals surface area contributed by atoms with Crippen LogP contribution in [0.3, 0.4) is 0 Å². The molecule has 0 radical (unpaired) electrons. The Morgan fingerprint density at radius 2 is 2.08 bits per heavy atom. The topological polar surface area (TPSA) is 81.6 Å². The minimum Gasteiger partial charge on any atom is -0.481 e. The van der Waals surface area contributed by atoms with Gasteiger partial charge in [-0.2, -0.15) is 4.98 Å². The summed E-state index contributed by atoms with van der Waals surface area (Å²) in [6, 6.07) is 8.51. The van der Waals surface area contributed by atoms with Crippen LogP contribution in [0.25, 0.3) is 0 Å². The highest BCUT2D eigenvalue weighted by Gasteiger charge is 2.46. The summed E-state index contributed by atoms with van der Waals surface area (Å²) in [5.41, 5.74) is 4.87. The lowest BCUT2D eigenvalue weighted by Gasteiger charge is -2.28. The normalized spacial score (nSPS) is 21.3. The molecule has 0 amide bonds. The third-order valence-electron chi connectivity index (χ3n) is 7.61. The summed E-state index contributed by atoms with van der Waals surface area (Å²) in [5.74, 6) is -0.139.